The van der Waals surface area contributed by atoms with E-state index in [2.05, 4.69) is 10.1 Å². The van der Waals surface area contributed by atoms with Crippen LogP contribution in [0.1, 0.15) is 21.5 Å². The van der Waals surface area contributed by atoms with Gasteiger partial charge < -0.3 is 19.5 Å². The van der Waals surface area contributed by atoms with Crippen LogP contribution in [-0.2, 0) is 20.9 Å². The van der Waals surface area contributed by atoms with E-state index < -0.39 is 17.7 Å². The zero-order valence-electron chi connectivity index (χ0n) is 14.0. The van der Waals surface area contributed by atoms with E-state index in [1.807, 2.05) is 0 Å². The van der Waals surface area contributed by atoms with Crippen LogP contribution in [0.4, 0.5) is 10.1 Å². The predicted octanol–water partition coefficient (Wildman–Crippen LogP) is 3.13. The van der Waals surface area contributed by atoms with Gasteiger partial charge in [0.05, 0.1) is 19.3 Å². The van der Waals surface area contributed by atoms with Crippen molar-refractivity contribution < 1.29 is 28.2 Å². The molecule has 0 fully saturated rings. The highest BCUT2D eigenvalue weighted by Crippen LogP contribution is 2.30. The van der Waals surface area contributed by atoms with Crippen molar-refractivity contribution >= 4 is 23.6 Å². The molecule has 26 heavy (non-hydrogen) atoms. The van der Waals surface area contributed by atoms with Crippen LogP contribution in [0.3, 0.4) is 0 Å². The van der Waals surface area contributed by atoms with E-state index in [0.29, 0.717) is 28.1 Å². The fraction of sp³-hybridized carbons (Fsp3) is 0.158. The Bertz CT molecular complexity index is 878. The fourth-order valence-electron chi connectivity index (χ4n) is 2.52. The molecule has 2 aromatic carbocycles. The fourth-order valence-corrected chi connectivity index (χ4v) is 2.52. The van der Waals surface area contributed by atoms with Gasteiger partial charge in [0, 0.05) is 22.9 Å². The first-order chi connectivity index (χ1) is 12.6. The van der Waals surface area contributed by atoms with E-state index >= 15 is 0 Å². The first-order valence-corrected chi connectivity index (χ1v) is 7.77. The van der Waals surface area contributed by atoms with Crippen molar-refractivity contribution in [2.45, 2.75) is 6.61 Å². The Morgan fingerprint density at radius 2 is 2.12 bits per heavy atom. The number of halogens is 1. The maximum atomic E-state index is 13.7. The molecule has 0 radical (unpaired) electrons. The van der Waals surface area contributed by atoms with Gasteiger partial charge in [0.1, 0.15) is 11.6 Å². The Morgan fingerprint density at radius 3 is 2.92 bits per heavy atom. The van der Waals surface area contributed by atoms with E-state index in [0.717, 1.165) is 0 Å². The third kappa shape index (κ3) is 4.07. The zero-order valence-corrected chi connectivity index (χ0v) is 14.0. The number of ether oxygens (including phenoxy) is 3. The molecule has 6 nitrogen and oxygen atoms in total. The summed E-state index contributed by atoms with van der Waals surface area (Å²) in [6.07, 6.45) is 2.73. The zero-order chi connectivity index (χ0) is 18.5. The predicted molar refractivity (Wildman–Crippen MR) is 92.1 cm³/mol. The van der Waals surface area contributed by atoms with Gasteiger partial charge >= 0.3 is 5.97 Å². The lowest BCUT2D eigenvalue weighted by molar-refractivity contribution is -0.111. The van der Waals surface area contributed by atoms with Gasteiger partial charge in [0.15, 0.2) is 6.79 Å². The minimum absolute atomic E-state index is 0.0754. The molecular weight excluding hydrogens is 341 g/mol. The summed E-state index contributed by atoms with van der Waals surface area (Å²) in [5.41, 5.74) is 1.79. The van der Waals surface area contributed by atoms with Crippen molar-refractivity contribution in [2.24, 2.45) is 0 Å². The Kier molecular flexibility index (Phi) is 5.28. The molecule has 3 rings (SSSR count). The van der Waals surface area contributed by atoms with Crippen molar-refractivity contribution in [1.82, 2.24) is 0 Å². The molecule has 1 N–H and O–H groups in total. The second kappa shape index (κ2) is 7.79. The van der Waals surface area contributed by atoms with Gasteiger partial charge in [-0.2, -0.15) is 0 Å². The van der Waals surface area contributed by atoms with Crippen LogP contribution in [0.25, 0.3) is 6.08 Å². The lowest BCUT2D eigenvalue weighted by Crippen LogP contribution is -2.13. The summed E-state index contributed by atoms with van der Waals surface area (Å²) in [6, 6.07) is 8.97. The van der Waals surface area contributed by atoms with Crippen LogP contribution in [0.5, 0.6) is 5.75 Å². The second-order valence-corrected chi connectivity index (χ2v) is 5.49. The largest absolute Gasteiger partial charge is 0.467 e. The molecular formula is C19H16FNO5. The molecule has 1 aliphatic rings. The van der Waals surface area contributed by atoms with Crippen LogP contribution in [0, 0.1) is 5.82 Å². The summed E-state index contributed by atoms with van der Waals surface area (Å²) in [7, 11) is 1.28. The van der Waals surface area contributed by atoms with Gasteiger partial charge in [-0.1, -0.05) is 6.07 Å². The third-order valence-corrected chi connectivity index (χ3v) is 3.67. The normalized spacial score (nSPS) is 13.0. The Balaban J connectivity index is 1.75. The van der Waals surface area contributed by atoms with Gasteiger partial charge in [-0.05, 0) is 36.4 Å². The third-order valence-electron chi connectivity index (χ3n) is 3.67. The van der Waals surface area contributed by atoms with E-state index in [-0.39, 0.29) is 13.4 Å². The van der Waals surface area contributed by atoms with Crippen molar-refractivity contribution in [3.05, 3.63) is 65.0 Å². The number of rotatable bonds is 4. The molecule has 134 valence electrons. The number of carbonyl (C=O) groups is 2. The number of anilines is 1. The first-order valence-electron chi connectivity index (χ1n) is 7.77. The van der Waals surface area contributed by atoms with Gasteiger partial charge in [-0.15, -0.1) is 0 Å². The lowest BCUT2D eigenvalue weighted by atomic mass is 10.1. The molecule has 0 saturated heterocycles. The minimum atomic E-state index is -0.498. The van der Waals surface area contributed by atoms with Crippen molar-refractivity contribution in [3.8, 4) is 5.75 Å². The average molecular weight is 357 g/mol. The summed E-state index contributed by atoms with van der Waals surface area (Å²) in [5.74, 6) is -0.877. The highest BCUT2D eigenvalue weighted by Gasteiger charge is 2.15. The molecule has 7 heteroatoms. The Morgan fingerprint density at radius 1 is 1.27 bits per heavy atom. The number of hydrogen-bond donors (Lipinski definition) is 1. The number of esters is 1. The number of methoxy groups -OCH3 is 1. The first kappa shape index (κ1) is 17.6. The number of carbonyl (C=O) groups excluding carboxylic acids is 2. The number of benzene rings is 2. The van der Waals surface area contributed by atoms with Gasteiger partial charge in [-0.3, -0.25) is 4.79 Å². The molecule has 0 aromatic heterocycles. The molecule has 1 aliphatic heterocycles. The molecule has 1 heterocycles. The molecule has 0 bridgehead atoms. The van der Waals surface area contributed by atoms with Crippen LogP contribution < -0.4 is 10.1 Å². The number of amides is 1. The maximum absolute atomic E-state index is 13.7. The topological polar surface area (TPSA) is 73.9 Å². The minimum Gasteiger partial charge on any atom is -0.467 e. The molecule has 0 atom stereocenters. The summed E-state index contributed by atoms with van der Waals surface area (Å²) in [6.45, 7) is 0.326. The van der Waals surface area contributed by atoms with E-state index in [1.54, 1.807) is 18.2 Å². The lowest BCUT2D eigenvalue weighted by Gasteiger charge is -2.19. The average Bonchev–Trinajstić information content (AvgIpc) is 2.65. The smallest absolute Gasteiger partial charge is 0.337 e. The number of hydrogen-bond acceptors (Lipinski definition) is 5. The van der Waals surface area contributed by atoms with Crippen molar-refractivity contribution in [3.63, 3.8) is 0 Å². The van der Waals surface area contributed by atoms with Gasteiger partial charge in [0.25, 0.3) is 0 Å². The van der Waals surface area contributed by atoms with E-state index in [9.17, 15) is 14.0 Å². The molecule has 0 unspecified atom stereocenters. The number of fused-ring (bicyclic) bond motifs is 1. The monoisotopic (exact) mass is 357 g/mol. The summed E-state index contributed by atoms with van der Waals surface area (Å²) in [4.78, 5) is 23.6. The highest BCUT2D eigenvalue weighted by atomic mass is 19.1. The number of nitrogens with one attached hydrogen (secondary N) is 1. The van der Waals surface area contributed by atoms with Crippen molar-refractivity contribution in [1.29, 1.82) is 0 Å². The molecule has 0 aliphatic carbocycles. The summed E-state index contributed by atoms with van der Waals surface area (Å²) >= 11 is 0. The molecule has 1 amide bonds. The van der Waals surface area contributed by atoms with Gasteiger partial charge in [0.2, 0.25) is 5.91 Å². The van der Waals surface area contributed by atoms with E-state index in [1.165, 1.54) is 37.5 Å². The molecule has 2 aromatic rings. The summed E-state index contributed by atoms with van der Waals surface area (Å²) < 4.78 is 28.8. The molecule has 0 saturated carbocycles. The standard InChI is InChI=1S/C19H16FNO5/c1-24-19(23)13-3-2-4-16(9-13)21-17(22)6-5-12-7-15(20)8-14-10-25-11-26-18(12)14/h2-9H,10-11H2,1H3,(H,21,22)/b6-5+. The Labute approximate surface area is 149 Å². The van der Waals surface area contributed by atoms with Crippen LogP contribution in [0.15, 0.2) is 42.5 Å². The SMILES string of the molecule is COC(=O)c1cccc(NC(=O)/C=C/c2cc(F)cc3c2OCOC3)c1. The quantitative estimate of drug-likeness (QED) is 0.672. The maximum Gasteiger partial charge on any atom is 0.337 e. The van der Waals surface area contributed by atoms with Crippen LogP contribution >= 0.6 is 0 Å². The second-order valence-electron chi connectivity index (χ2n) is 5.49. The van der Waals surface area contributed by atoms with Crippen LogP contribution in [-0.4, -0.2) is 25.8 Å². The van der Waals surface area contributed by atoms with Crippen LogP contribution in [0.2, 0.25) is 0 Å². The Hall–Kier alpha value is -3.19. The van der Waals surface area contributed by atoms with E-state index in [4.69, 9.17) is 9.47 Å². The van der Waals surface area contributed by atoms with Gasteiger partial charge in [-0.25, -0.2) is 9.18 Å². The van der Waals surface area contributed by atoms with Crippen molar-refractivity contribution in [2.75, 3.05) is 19.2 Å². The summed E-state index contributed by atoms with van der Waals surface area (Å²) in [5, 5.41) is 2.63. The highest BCUT2D eigenvalue weighted by molar-refractivity contribution is 6.02. The molecule has 0 spiro atoms.